The Labute approximate surface area is 106 Å². The quantitative estimate of drug-likeness (QED) is 0.670. The van der Waals surface area contributed by atoms with Crippen LogP contribution in [0.4, 0.5) is 17.6 Å². The minimum absolute atomic E-state index is 0.0831. The number of pyridine rings is 1. The highest BCUT2D eigenvalue weighted by Gasteiger charge is 2.30. The second-order valence-electron chi connectivity index (χ2n) is 3.86. The number of aliphatic hydroxyl groups is 1. The normalized spacial score (nSPS) is 11.6. The highest BCUT2D eigenvalue weighted by molar-refractivity contribution is 5.66. The van der Waals surface area contributed by atoms with E-state index in [9.17, 15) is 17.6 Å². The first-order valence-corrected chi connectivity index (χ1v) is 5.35. The number of alkyl halides is 3. The number of aliphatic hydroxyl groups excluding tert-OH is 1. The number of hydrogen-bond donors (Lipinski definition) is 1. The van der Waals surface area contributed by atoms with Crippen LogP contribution in [0.2, 0.25) is 0 Å². The van der Waals surface area contributed by atoms with Crippen molar-refractivity contribution in [2.45, 2.75) is 12.8 Å². The molecule has 0 saturated heterocycles. The molecule has 1 aromatic heterocycles. The molecule has 0 aliphatic heterocycles. The van der Waals surface area contributed by atoms with E-state index < -0.39 is 24.3 Å². The highest BCUT2D eigenvalue weighted by atomic mass is 19.4. The predicted molar refractivity (Wildman–Crippen MR) is 60.6 cm³/mol. The number of halogens is 4. The van der Waals surface area contributed by atoms with Crippen LogP contribution < -0.4 is 0 Å². The fourth-order valence-corrected chi connectivity index (χ4v) is 1.70. The maximum absolute atomic E-state index is 12.9. The summed E-state index contributed by atoms with van der Waals surface area (Å²) in [7, 11) is 0. The van der Waals surface area contributed by atoms with Crippen LogP contribution >= 0.6 is 0 Å². The SMILES string of the molecule is OCc1nc(F)ccc1-c1ccc(C(F)(F)F)cc1. The summed E-state index contributed by atoms with van der Waals surface area (Å²) in [5, 5.41) is 9.08. The standard InChI is InChI=1S/C13H9F4NO/c14-12-6-5-10(11(7-19)18-12)8-1-3-9(4-2-8)13(15,16)17/h1-6,19H,7H2. The first kappa shape index (κ1) is 13.5. The van der Waals surface area contributed by atoms with Gasteiger partial charge in [0.25, 0.3) is 0 Å². The third-order valence-electron chi connectivity index (χ3n) is 2.61. The fourth-order valence-electron chi connectivity index (χ4n) is 1.70. The molecule has 0 aliphatic carbocycles. The molecule has 0 unspecified atom stereocenters. The molecule has 2 nitrogen and oxygen atoms in total. The van der Waals surface area contributed by atoms with E-state index >= 15 is 0 Å². The van der Waals surface area contributed by atoms with Crippen LogP contribution in [0.25, 0.3) is 11.1 Å². The summed E-state index contributed by atoms with van der Waals surface area (Å²) in [6.45, 7) is -0.492. The van der Waals surface area contributed by atoms with Crippen molar-refractivity contribution in [1.29, 1.82) is 0 Å². The Kier molecular flexibility index (Phi) is 3.53. The van der Waals surface area contributed by atoms with Gasteiger partial charge in [-0.25, -0.2) is 4.98 Å². The van der Waals surface area contributed by atoms with Gasteiger partial charge >= 0.3 is 6.18 Å². The van der Waals surface area contributed by atoms with E-state index in [0.29, 0.717) is 11.1 Å². The van der Waals surface area contributed by atoms with Crippen molar-refractivity contribution in [2.75, 3.05) is 0 Å². The van der Waals surface area contributed by atoms with Crippen LogP contribution in [0, 0.1) is 5.95 Å². The van der Waals surface area contributed by atoms with Gasteiger partial charge in [0.05, 0.1) is 17.9 Å². The summed E-state index contributed by atoms with van der Waals surface area (Å²) in [6.07, 6.45) is -4.40. The van der Waals surface area contributed by atoms with Gasteiger partial charge in [-0.2, -0.15) is 17.6 Å². The van der Waals surface area contributed by atoms with Crippen LogP contribution in [0.15, 0.2) is 36.4 Å². The smallest absolute Gasteiger partial charge is 0.390 e. The minimum atomic E-state index is -4.40. The van der Waals surface area contributed by atoms with Gasteiger partial charge in [-0.05, 0) is 29.8 Å². The third kappa shape index (κ3) is 2.90. The van der Waals surface area contributed by atoms with Crippen molar-refractivity contribution in [3.05, 3.63) is 53.6 Å². The van der Waals surface area contributed by atoms with Gasteiger partial charge in [-0.15, -0.1) is 0 Å². The molecular weight excluding hydrogens is 262 g/mol. The summed E-state index contributed by atoms with van der Waals surface area (Å²) in [5.74, 6) is -0.750. The van der Waals surface area contributed by atoms with E-state index in [4.69, 9.17) is 5.11 Å². The number of benzene rings is 1. The minimum Gasteiger partial charge on any atom is -0.390 e. The molecule has 0 amide bonds. The highest BCUT2D eigenvalue weighted by Crippen LogP contribution is 2.31. The van der Waals surface area contributed by atoms with E-state index in [1.165, 1.54) is 18.2 Å². The summed E-state index contributed by atoms with van der Waals surface area (Å²) in [6, 6.07) is 6.84. The van der Waals surface area contributed by atoms with Gasteiger partial charge in [0.15, 0.2) is 0 Å². The molecule has 0 atom stereocenters. The lowest BCUT2D eigenvalue weighted by atomic mass is 10.0. The molecule has 0 aliphatic rings. The molecule has 2 rings (SSSR count). The van der Waals surface area contributed by atoms with Gasteiger partial charge < -0.3 is 5.11 Å². The zero-order valence-corrected chi connectivity index (χ0v) is 9.58. The molecular formula is C13H9F4NO. The summed E-state index contributed by atoms with van der Waals surface area (Å²) < 4.78 is 50.2. The predicted octanol–water partition coefficient (Wildman–Crippen LogP) is 3.40. The molecule has 2 aromatic rings. The number of rotatable bonds is 2. The molecule has 1 heterocycles. The summed E-state index contributed by atoms with van der Waals surface area (Å²) in [5.41, 5.74) is 0.152. The zero-order chi connectivity index (χ0) is 14.0. The van der Waals surface area contributed by atoms with Crippen molar-refractivity contribution in [1.82, 2.24) is 4.98 Å². The third-order valence-corrected chi connectivity index (χ3v) is 2.61. The van der Waals surface area contributed by atoms with Crippen LogP contribution in [-0.2, 0) is 12.8 Å². The van der Waals surface area contributed by atoms with Crippen molar-refractivity contribution in [3.8, 4) is 11.1 Å². The fraction of sp³-hybridized carbons (Fsp3) is 0.154. The molecule has 0 fully saturated rings. The molecule has 19 heavy (non-hydrogen) atoms. The Bertz CT molecular complexity index is 578. The summed E-state index contributed by atoms with van der Waals surface area (Å²) in [4.78, 5) is 3.50. The summed E-state index contributed by atoms with van der Waals surface area (Å²) >= 11 is 0. The topological polar surface area (TPSA) is 33.1 Å². The maximum Gasteiger partial charge on any atom is 0.416 e. The molecule has 0 spiro atoms. The average molecular weight is 271 g/mol. The van der Waals surface area contributed by atoms with Crippen LogP contribution in [-0.4, -0.2) is 10.1 Å². The second-order valence-corrected chi connectivity index (χ2v) is 3.86. The first-order valence-electron chi connectivity index (χ1n) is 5.35. The van der Waals surface area contributed by atoms with Crippen molar-refractivity contribution < 1.29 is 22.7 Å². The van der Waals surface area contributed by atoms with E-state index in [1.54, 1.807) is 0 Å². The van der Waals surface area contributed by atoms with Gasteiger partial charge in [0.1, 0.15) is 0 Å². The Morgan fingerprint density at radius 3 is 2.16 bits per heavy atom. The van der Waals surface area contributed by atoms with Crippen molar-refractivity contribution in [2.24, 2.45) is 0 Å². The van der Waals surface area contributed by atoms with E-state index in [2.05, 4.69) is 4.98 Å². The molecule has 0 saturated carbocycles. The molecule has 100 valence electrons. The van der Waals surface area contributed by atoms with Gasteiger partial charge in [0, 0.05) is 5.56 Å². The molecule has 0 radical (unpaired) electrons. The Morgan fingerprint density at radius 1 is 1.00 bits per heavy atom. The molecule has 1 N–H and O–H groups in total. The van der Waals surface area contributed by atoms with Crippen molar-refractivity contribution in [3.63, 3.8) is 0 Å². The van der Waals surface area contributed by atoms with Gasteiger partial charge in [0.2, 0.25) is 5.95 Å². The monoisotopic (exact) mass is 271 g/mol. The lowest BCUT2D eigenvalue weighted by Crippen LogP contribution is -2.04. The zero-order valence-electron chi connectivity index (χ0n) is 9.58. The lowest BCUT2D eigenvalue weighted by Gasteiger charge is -2.09. The van der Waals surface area contributed by atoms with Crippen LogP contribution in [0.1, 0.15) is 11.3 Å². The van der Waals surface area contributed by atoms with Crippen molar-refractivity contribution >= 4 is 0 Å². The van der Waals surface area contributed by atoms with Crippen LogP contribution in [0.3, 0.4) is 0 Å². The maximum atomic E-state index is 12.9. The Morgan fingerprint density at radius 2 is 1.63 bits per heavy atom. The van der Waals surface area contributed by atoms with E-state index in [1.807, 2.05) is 0 Å². The van der Waals surface area contributed by atoms with E-state index in [0.717, 1.165) is 18.2 Å². The number of nitrogens with zero attached hydrogens (tertiary/aromatic N) is 1. The largest absolute Gasteiger partial charge is 0.416 e. The Balaban J connectivity index is 2.43. The number of hydrogen-bond acceptors (Lipinski definition) is 2. The molecule has 1 aromatic carbocycles. The number of aromatic nitrogens is 1. The first-order chi connectivity index (χ1) is 8.91. The van der Waals surface area contributed by atoms with Crippen LogP contribution in [0.5, 0.6) is 0 Å². The van der Waals surface area contributed by atoms with Gasteiger partial charge in [-0.1, -0.05) is 12.1 Å². The molecule has 6 heteroatoms. The Hall–Kier alpha value is -1.95. The van der Waals surface area contributed by atoms with E-state index in [-0.39, 0.29) is 5.69 Å². The van der Waals surface area contributed by atoms with Gasteiger partial charge in [-0.3, -0.25) is 0 Å². The average Bonchev–Trinajstić information content (AvgIpc) is 2.37. The second kappa shape index (κ2) is 4.97. The molecule has 0 bridgehead atoms. The lowest BCUT2D eigenvalue weighted by molar-refractivity contribution is -0.137.